The van der Waals surface area contributed by atoms with Crippen LogP contribution in [0.5, 0.6) is 0 Å². The molecular formula is C25H21FIN5O4. The molecule has 3 N–H and O–H groups in total. The first-order valence-corrected chi connectivity index (χ1v) is 12.3. The zero-order valence-corrected chi connectivity index (χ0v) is 21.5. The fourth-order valence-electron chi connectivity index (χ4n) is 4.22. The smallest absolute Gasteiger partial charge is 0.336 e. The van der Waals surface area contributed by atoms with Gasteiger partial charge in [-0.25, -0.2) is 9.18 Å². The Bertz CT molecular complexity index is 1740. The number of nitrogens with one attached hydrogen (secondary N) is 3. The van der Waals surface area contributed by atoms with Gasteiger partial charge in [-0.3, -0.25) is 23.5 Å². The van der Waals surface area contributed by atoms with E-state index in [9.17, 15) is 23.6 Å². The van der Waals surface area contributed by atoms with Gasteiger partial charge >= 0.3 is 5.69 Å². The Hall–Kier alpha value is -3.74. The number of halogens is 2. The first-order chi connectivity index (χ1) is 17.2. The van der Waals surface area contributed by atoms with Crippen molar-refractivity contribution < 1.29 is 9.18 Å². The zero-order chi connectivity index (χ0) is 25.7. The van der Waals surface area contributed by atoms with Crippen molar-refractivity contribution in [1.29, 1.82) is 0 Å². The number of nitrogens with zero attached hydrogens (tertiary/aromatic N) is 2. The molecule has 2 aromatic heterocycles. The standard InChI is InChI=1S/C25H21FIN5O4/c1-12-21-20(22(30-23(12)34)29-19-9-6-14(27)10-18(19)26)24(35)32(16-7-8-16)25(36)31(21)17-5-3-4-15(11-17)28-13(2)33/h3-6,9-11,16H,7-8H2,1-2H3,(H,28,33)(H2,29,30,34). The summed E-state index contributed by atoms with van der Waals surface area (Å²) in [5.41, 5.74) is -0.546. The van der Waals surface area contributed by atoms with Gasteiger partial charge in [0.05, 0.1) is 16.9 Å². The number of hydrogen-bond acceptors (Lipinski definition) is 5. The number of benzene rings is 2. The number of carbonyl (C=O) groups is 1. The van der Waals surface area contributed by atoms with Crippen LogP contribution in [0.1, 0.15) is 31.4 Å². The lowest BCUT2D eigenvalue weighted by Crippen LogP contribution is -2.40. The number of fused-ring (bicyclic) bond motifs is 1. The number of carbonyl (C=O) groups excluding carboxylic acids is 1. The van der Waals surface area contributed by atoms with Gasteiger partial charge in [0.1, 0.15) is 17.0 Å². The van der Waals surface area contributed by atoms with Crippen LogP contribution < -0.4 is 27.4 Å². The van der Waals surface area contributed by atoms with Crippen molar-refractivity contribution in [2.75, 3.05) is 10.6 Å². The number of pyridine rings is 1. The van der Waals surface area contributed by atoms with E-state index in [1.807, 2.05) is 22.6 Å². The van der Waals surface area contributed by atoms with Gasteiger partial charge in [-0.15, -0.1) is 0 Å². The van der Waals surface area contributed by atoms with Gasteiger partial charge in [-0.05, 0) is 78.8 Å². The fourth-order valence-corrected chi connectivity index (χ4v) is 4.67. The molecule has 1 fully saturated rings. The van der Waals surface area contributed by atoms with E-state index < -0.39 is 22.6 Å². The SMILES string of the molecule is CC(=O)Nc1cccc(-n2c(=O)n(C3CC3)c(=O)c3c(Nc4ccc(I)cc4F)[nH]c(=O)c(C)c32)c1. The lowest BCUT2D eigenvalue weighted by molar-refractivity contribution is -0.114. The third-order valence-corrected chi connectivity index (χ3v) is 6.67. The minimum Gasteiger partial charge on any atom is -0.339 e. The van der Waals surface area contributed by atoms with Crippen LogP contribution >= 0.6 is 22.6 Å². The quantitative estimate of drug-likeness (QED) is 0.300. The molecule has 184 valence electrons. The van der Waals surface area contributed by atoms with Gasteiger partial charge in [0.25, 0.3) is 11.1 Å². The van der Waals surface area contributed by atoms with Crippen molar-refractivity contribution in [3.8, 4) is 5.69 Å². The summed E-state index contributed by atoms with van der Waals surface area (Å²) in [4.78, 5) is 54.6. The lowest BCUT2D eigenvalue weighted by Gasteiger charge is -2.18. The number of aromatic amines is 1. The van der Waals surface area contributed by atoms with Gasteiger partial charge in [0.2, 0.25) is 5.91 Å². The van der Waals surface area contributed by atoms with Crippen molar-refractivity contribution >= 4 is 56.6 Å². The van der Waals surface area contributed by atoms with E-state index in [1.54, 1.807) is 30.3 Å². The highest BCUT2D eigenvalue weighted by molar-refractivity contribution is 14.1. The number of H-pyrrole nitrogens is 1. The summed E-state index contributed by atoms with van der Waals surface area (Å²) >= 11 is 1.98. The zero-order valence-electron chi connectivity index (χ0n) is 19.3. The topological polar surface area (TPSA) is 118 Å². The molecular weight excluding hydrogens is 580 g/mol. The number of aryl methyl sites for hydroxylation is 1. The summed E-state index contributed by atoms with van der Waals surface area (Å²) in [5.74, 6) is -0.854. The molecule has 0 atom stereocenters. The Kier molecular flexibility index (Phi) is 6.02. The minimum absolute atomic E-state index is 0.00752. The number of hydrogen-bond donors (Lipinski definition) is 3. The summed E-state index contributed by atoms with van der Waals surface area (Å²) in [7, 11) is 0. The summed E-state index contributed by atoms with van der Waals surface area (Å²) in [6.07, 6.45) is 1.34. The van der Waals surface area contributed by atoms with E-state index in [0.29, 0.717) is 27.8 Å². The molecule has 1 saturated carbocycles. The second-order valence-electron chi connectivity index (χ2n) is 8.68. The van der Waals surface area contributed by atoms with Crippen molar-refractivity contribution in [3.05, 3.63) is 88.6 Å². The van der Waals surface area contributed by atoms with Crippen molar-refractivity contribution in [3.63, 3.8) is 0 Å². The summed E-state index contributed by atoms with van der Waals surface area (Å²) in [6, 6.07) is 10.8. The number of rotatable bonds is 5. The van der Waals surface area contributed by atoms with Crippen molar-refractivity contribution in [2.45, 2.75) is 32.7 Å². The lowest BCUT2D eigenvalue weighted by atomic mass is 10.1. The first-order valence-electron chi connectivity index (χ1n) is 11.2. The molecule has 5 rings (SSSR count). The Morgan fingerprint density at radius 1 is 1.14 bits per heavy atom. The van der Waals surface area contributed by atoms with Crippen LogP contribution in [0.15, 0.2) is 56.8 Å². The maximum Gasteiger partial charge on any atom is 0.336 e. The molecule has 11 heteroatoms. The van der Waals surface area contributed by atoms with Crippen LogP contribution in [0.25, 0.3) is 16.6 Å². The van der Waals surface area contributed by atoms with E-state index in [4.69, 9.17) is 0 Å². The normalized spacial score (nSPS) is 13.1. The van der Waals surface area contributed by atoms with Gasteiger partial charge in [-0.1, -0.05) is 6.07 Å². The largest absolute Gasteiger partial charge is 0.339 e. The second-order valence-corrected chi connectivity index (χ2v) is 9.93. The molecule has 1 aliphatic carbocycles. The number of anilines is 3. The molecule has 4 aromatic rings. The van der Waals surface area contributed by atoms with Gasteiger partial charge < -0.3 is 15.6 Å². The highest BCUT2D eigenvalue weighted by Gasteiger charge is 2.31. The van der Waals surface area contributed by atoms with Crippen LogP contribution in [-0.2, 0) is 4.79 Å². The highest BCUT2D eigenvalue weighted by Crippen LogP contribution is 2.34. The summed E-state index contributed by atoms with van der Waals surface area (Å²) < 4.78 is 17.8. The Morgan fingerprint density at radius 3 is 2.56 bits per heavy atom. The third-order valence-electron chi connectivity index (χ3n) is 6.00. The summed E-state index contributed by atoms with van der Waals surface area (Å²) in [6.45, 7) is 2.89. The molecule has 36 heavy (non-hydrogen) atoms. The maximum absolute atomic E-state index is 14.7. The summed E-state index contributed by atoms with van der Waals surface area (Å²) in [5, 5.41) is 5.59. The minimum atomic E-state index is -0.588. The monoisotopic (exact) mass is 601 g/mol. The van der Waals surface area contributed by atoms with Gasteiger partial charge in [0, 0.05) is 27.8 Å². The average Bonchev–Trinajstić information content (AvgIpc) is 3.63. The fraction of sp³-hybridized carbons (Fsp3) is 0.200. The van der Waals surface area contributed by atoms with Crippen LogP contribution in [-0.4, -0.2) is 20.0 Å². The molecule has 2 heterocycles. The van der Waals surface area contributed by atoms with Crippen LogP contribution in [0.3, 0.4) is 0 Å². The molecule has 0 saturated heterocycles. The van der Waals surface area contributed by atoms with Crippen LogP contribution in [0.2, 0.25) is 0 Å². The average molecular weight is 601 g/mol. The van der Waals surface area contributed by atoms with Crippen molar-refractivity contribution in [1.82, 2.24) is 14.1 Å². The molecule has 0 unspecified atom stereocenters. The molecule has 2 aromatic carbocycles. The van der Waals surface area contributed by atoms with Crippen molar-refractivity contribution in [2.24, 2.45) is 0 Å². The van der Waals surface area contributed by atoms with E-state index in [2.05, 4.69) is 15.6 Å². The molecule has 0 spiro atoms. The predicted molar refractivity (Wildman–Crippen MR) is 144 cm³/mol. The van der Waals surface area contributed by atoms with E-state index in [-0.39, 0.29) is 39.9 Å². The van der Waals surface area contributed by atoms with Gasteiger partial charge in [0.15, 0.2) is 0 Å². The number of amides is 1. The number of aromatic nitrogens is 3. The molecule has 0 radical (unpaired) electrons. The Balaban J connectivity index is 1.86. The van der Waals surface area contributed by atoms with Crippen LogP contribution in [0.4, 0.5) is 21.6 Å². The first kappa shape index (κ1) is 24.0. The van der Waals surface area contributed by atoms with Gasteiger partial charge in [-0.2, -0.15) is 0 Å². The highest BCUT2D eigenvalue weighted by atomic mass is 127. The molecule has 0 aliphatic heterocycles. The van der Waals surface area contributed by atoms with E-state index in [1.165, 1.54) is 35.1 Å². The molecule has 1 aliphatic rings. The molecule has 9 nitrogen and oxygen atoms in total. The third kappa shape index (κ3) is 4.23. The van der Waals surface area contributed by atoms with Crippen LogP contribution in [0, 0.1) is 16.3 Å². The Labute approximate surface area is 217 Å². The second kappa shape index (κ2) is 9.04. The Morgan fingerprint density at radius 2 is 1.89 bits per heavy atom. The van der Waals surface area contributed by atoms with E-state index in [0.717, 1.165) is 0 Å². The maximum atomic E-state index is 14.7. The van der Waals surface area contributed by atoms with E-state index >= 15 is 0 Å². The molecule has 0 bridgehead atoms. The molecule has 1 amide bonds. The predicted octanol–water partition coefficient (Wildman–Crippen LogP) is 3.93.